The quantitative estimate of drug-likeness (QED) is 0.849. The summed E-state index contributed by atoms with van der Waals surface area (Å²) in [7, 11) is 0. The minimum atomic E-state index is -0.197. The van der Waals surface area contributed by atoms with Crippen LogP contribution in [0.25, 0.3) is 0 Å². The van der Waals surface area contributed by atoms with Gasteiger partial charge in [-0.25, -0.2) is 0 Å². The smallest absolute Gasteiger partial charge is 0.238 e. The molecule has 3 nitrogen and oxygen atoms in total. The van der Waals surface area contributed by atoms with E-state index in [2.05, 4.69) is 34.2 Å². The van der Waals surface area contributed by atoms with Gasteiger partial charge < -0.3 is 5.32 Å². The number of nitrogens with zero attached hydrogens (tertiary/aromatic N) is 1. The molecule has 2 atom stereocenters. The number of hydrogen-bond donors (Lipinski definition) is 1. The van der Waals surface area contributed by atoms with Gasteiger partial charge in [-0.05, 0) is 37.2 Å². The highest BCUT2D eigenvalue weighted by atomic mass is 79.9. The van der Waals surface area contributed by atoms with E-state index in [1.165, 1.54) is 4.88 Å². The number of halogens is 1. The van der Waals surface area contributed by atoms with E-state index >= 15 is 0 Å². The zero-order valence-electron chi connectivity index (χ0n) is 11.1. The van der Waals surface area contributed by atoms with Gasteiger partial charge in [0.15, 0.2) is 0 Å². The van der Waals surface area contributed by atoms with E-state index in [4.69, 9.17) is 0 Å². The number of fused-ring (bicyclic) bond motifs is 1. The summed E-state index contributed by atoms with van der Waals surface area (Å²) in [6.07, 6.45) is 3.84. The van der Waals surface area contributed by atoms with Gasteiger partial charge in [0.05, 0.1) is 10.4 Å². The first-order valence-corrected chi connectivity index (χ1v) is 8.29. The van der Waals surface area contributed by atoms with E-state index in [0.29, 0.717) is 11.5 Å². The Morgan fingerprint density at radius 2 is 2.42 bits per heavy atom. The minimum Gasteiger partial charge on any atom is -0.316 e. The maximum absolute atomic E-state index is 11.9. The standard InChI is InChI=1S/C14H17BrN2OS/c1-3-11(15)13(18)17-14-10(7-16)9-5-4-8(2)6-12(9)19-14/h8,11H,3-6H2,1-2H3,(H,17,18)/t8-,11+/m0/s1. The summed E-state index contributed by atoms with van der Waals surface area (Å²) in [6.45, 7) is 4.18. The van der Waals surface area contributed by atoms with Crippen LogP contribution in [0.1, 0.15) is 42.7 Å². The summed E-state index contributed by atoms with van der Waals surface area (Å²) in [6, 6.07) is 2.26. The van der Waals surface area contributed by atoms with Crippen LogP contribution in [-0.4, -0.2) is 10.7 Å². The number of nitrogens with one attached hydrogen (secondary N) is 1. The predicted octanol–water partition coefficient (Wildman–Crippen LogP) is 3.86. The maximum atomic E-state index is 11.9. The Morgan fingerprint density at radius 1 is 1.68 bits per heavy atom. The molecule has 1 aromatic heterocycles. The molecule has 1 N–H and O–H groups in total. The second-order valence-electron chi connectivity index (χ2n) is 5.03. The average molecular weight is 341 g/mol. The Balaban J connectivity index is 2.27. The van der Waals surface area contributed by atoms with Gasteiger partial charge in [-0.3, -0.25) is 4.79 Å². The van der Waals surface area contributed by atoms with Crippen LogP contribution in [0, 0.1) is 17.2 Å². The van der Waals surface area contributed by atoms with Gasteiger partial charge in [0, 0.05) is 4.88 Å². The molecule has 0 aromatic carbocycles. The van der Waals surface area contributed by atoms with Crippen LogP contribution < -0.4 is 5.32 Å². The molecule has 0 fully saturated rings. The van der Waals surface area contributed by atoms with Crippen molar-refractivity contribution in [1.82, 2.24) is 0 Å². The molecule has 0 radical (unpaired) electrons. The Labute approximate surface area is 126 Å². The maximum Gasteiger partial charge on any atom is 0.238 e. The molecule has 102 valence electrons. The fourth-order valence-electron chi connectivity index (χ4n) is 2.33. The molecule has 19 heavy (non-hydrogen) atoms. The number of thiophene rings is 1. The average Bonchev–Trinajstić information content (AvgIpc) is 2.73. The van der Waals surface area contributed by atoms with E-state index in [9.17, 15) is 10.1 Å². The van der Waals surface area contributed by atoms with E-state index in [1.807, 2.05) is 6.92 Å². The van der Waals surface area contributed by atoms with Crippen molar-refractivity contribution in [2.45, 2.75) is 44.4 Å². The van der Waals surface area contributed by atoms with Crippen LogP contribution in [0.3, 0.4) is 0 Å². The third-order valence-corrected chi connectivity index (χ3v) is 5.74. The van der Waals surface area contributed by atoms with Crippen molar-refractivity contribution in [3.05, 3.63) is 16.0 Å². The summed E-state index contributed by atoms with van der Waals surface area (Å²) in [5.41, 5.74) is 1.83. The molecule has 0 aliphatic heterocycles. The van der Waals surface area contributed by atoms with E-state index in [-0.39, 0.29) is 10.7 Å². The fraction of sp³-hybridized carbons (Fsp3) is 0.571. The number of carbonyl (C=O) groups is 1. The summed E-state index contributed by atoms with van der Waals surface area (Å²) >= 11 is 4.91. The summed E-state index contributed by atoms with van der Waals surface area (Å²) in [4.78, 5) is 13.0. The van der Waals surface area contributed by atoms with Crippen LogP contribution in [-0.2, 0) is 17.6 Å². The zero-order chi connectivity index (χ0) is 14.0. The molecule has 0 saturated heterocycles. The number of anilines is 1. The van der Waals surface area contributed by atoms with Gasteiger partial charge in [0.2, 0.25) is 5.91 Å². The van der Waals surface area contributed by atoms with Crippen LogP contribution in [0.2, 0.25) is 0 Å². The normalized spacial score (nSPS) is 19.4. The van der Waals surface area contributed by atoms with Gasteiger partial charge in [-0.15, -0.1) is 11.3 Å². The van der Waals surface area contributed by atoms with Crippen molar-refractivity contribution in [2.24, 2.45) is 5.92 Å². The van der Waals surface area contributed by atoms with E-state index < -0.39 is 0 Å². The summed E-state index contributed by atoms with van der Waals surface area (Å²) in [5.74, 6) is 0.603. The lowest BCUT2D eigenvalue weighted by molar-refractivity contribution is -0.115. The molecular formula is C14H17BrN2OS. The number of alkyl halides is 1. The highest BCUT2D eigenvalue weighted by Gasteiger charge is 2.25. The molecule has 1 amide bonds. The monoisotopic (exact) mass is 340 g/mol. The zero-order valence-corrected chi connectivity index (χ0v) is 13.5. The Morgan fingerprint density at radius 3 is 3.05 bits per heavy atom. The van der Waals surface area contributed by atoms with E-state index in [1.54, 1.807) is 11.3 Å². The molecule has 5 heteroatoms. The lowest BCUT2D eigenvalue weighted by Crippen LogP contribution is -2.21. The van der Waals surface area contributed by atoms with Gasteiger partial charge in [-0.1, -0.05) is 29.8 Å². The van der Waals surface area contributed by atoms with Crippen molar-refractivity contribution < 1.29 is 4.79 Å². The predicted molar refractivity (Wildman–Crippen MR) is 81.9 cm³/mol. The van der Waals surface area contributed by atoms with E-state index in [0.717, 1.165) is 36.2 Å². The molecule has 0 bridgehead atoms. The van der Waals surface area contributed by atoms with Crippen molar-refractivity contribution in [3.8, 4) is 6.07 Å². The first-order valence-electron chi connectivity index (χ1n) is 6.56. The molecule has 1 aromatic rings. The number of nitriles is 1. The number of amides is 1. The van der Waals surface area contributed by atoms with Crippen LogP contribution in [0.5, 0.6) is 0 Å². The van der Waals surface area contributed by atoms with Gasteiger partial charge in [-0.2, -0.15) is 5.26 Å². The first-order chi connectivity index (χ1) is 9.06. The van der Waals surface area contributed by atoms with Crippen molar-refractivity contribution >= 4 is 38.2 Å². The molecule has 2 rings (SSSR count). The number of carbonyl (C=O) groups excluding carboxylic acids is 1. The largest absolute Gasteiger partial charge is 0.316 e. The Kier molecular flexibility index (Phi) is 4.64. The summed E-state index contributed by atoms with van der Waals surface area (Å²) < 4.78 is 0. The molecule has 0 saturated carbocycles. The molecule has 1 aliphatic carbocycles. The van der Waals surface area contributed by atoms with Crippen LogP contribution in [0.4, 0.5) is 5.00 Å². The second kappa shape index (κ2) is 6.06. The first kappa shape index (κ1) is 14.5. The van der Waals surface area contributed by atoms with Crippen molar-refractivity contribution in [2.75, 3.05) is 5.32 Å². The lowest BCUT2D eigenvalue weighted by Gasteiger charge is -2.17. The Bertz CT molecular complexity index is 532. The molecule has 0 unspecified atom stereocenters. The molecule has 1 aliphatic rings. The van der Waals surface area contributed by atoms with Crippen molar-refractivity contribution in [1.29, 1.82) is 5.26 Å². The van der Waals surface area contributed by atoms with Gasteiger partial charge in [0.25, 0.3) is 0 Å². The van der Waals surface area contributed by atoms with Crippen LogP contribution in [0.15, 0.2) is 0 Å². The topological polar surface area (TPSA) is 52.9 Å². The fourth-order valence-corrected chi connectivity index (χ4v) is 3.81. The third-order valence-electron chi connectivity index (χ3n) is 3.50. The number of hydrogen-bond acceptors (Lipinski definition) is 3. The van der Waals surface area contributed by atoms with Crippen molar-refractivity contribution in [3.63, 3.8) is 0 Å². The summed E-state index contributed by atoms with van der Waals surface area (Å²) in [5, 5.41) is 13.0. The minimum absolute atomic E-state index is 0.0642. The van der Waals surface area contributed by atoms with Gasteiger partial charge in [0.1, 0.15) is 11.1 Å². The lowest BCUT2D eigenvalue weighted by atomic mass is 9.89. The third kappa shape index (κ3) is 3.01. The SMILES string of the molecule is CC[C@@H](Br)C(=O)Nc1sc2c(c1C#N)CC[C@H](C)C2. The molecule has 0 spiro atoms. The van der Waals surface area contributed by atoms with Crippen LogP contribution >= 0.6 is 27.3 Å². The Hall–Kier alpha value is -0.860. The number of rotatable bonds is 3. The second-order valence-corrected chi connectivity index (χ2v) is 7.24. The van der Waals surface area contributed by atoms with Gasteiger partial charge >= 0.3 is 0 Å². The molecule has 1 heterocycles. The highest BCUT2D eigenvalue weighted by molar-refractivity contribution is 9.10. The highest BCUT2D eigenvalue weighted by Crippen LogP contribution is 2.39. The molecular weight excluding hydrogens is 324 g/mol.